The van der Waals surface area contributed by atoms with Gasteiger partial charge >= 0.3 is 0 Å². The average Bonchev–Trinajstić information content (AvgIpc) is 2.37. The van der Waals surface area contributed by atoms with Gasteiger partial charge in [-0.15, -0.1) is 12.4 Å². The first-order chi connectivity index (χ1) is 8.27. The van der Waals surface area contributed by atoms with Crippen LogP contribution in [0.2, 0.25) is 0 Å². The van der Waals surface area contributed by atoms with Crippen molar-refractivity contribution in [3.8, 4) is 0 Å². The monoisotopic (exact) mass is 278 g/mol. The van der Waals surface area contributed by atoms with Gasteiger partial charge in [-0.25, -0.2) is 0 Å². The molecule has 1 heterocycles. The fourth-order valence-electron chi connectivity index (χ4n) is 2.23. The van der Waals surface area contributed by atoms with Crippen LogP contribution in [0.5, 0.6) is 0 Å². The molecule has 2 atom stereocenters. The van der Waals surface area contributed by atoms with Gasteiger partial charge in [0.2, 0.25) is 5.91 Å². The number of hydrogen-bond acceptors (Lipinski definition) is 3. The molecular formula is C13H27ClN2O2. The number of unbranched alkanes of at least 4 members (excludes halogenated alkanes) is 1. The van der Waals surface area contributed by atoms with E-state index in [0.717, 1.165) is 38.6 Å². The van der Waals surface area contributed by atoms with E-state index in [1.807, 2.05) is 0 Å². The lowest BCUT2D eigenvalue weighted by Gasteiger charge is -2.25. The Balaban J connectivity index is 0.00000289. The summed E-state index contributed by atoms with van der Waals surface area (Å²) < 4.78 is 5.15. The van der Waals surface area contributed by atoms with Gasteiger partial charge in [0.15, 0.2) is 0 Å². The number of halogens is 1. The van der Waals surface area contributed by atoms with Gasteiger partial charge in [0, 0.05) is 7.11 Å². The lowest BCUT2D eigenvalue weighted by molar-refractivity contribution is -0.124. The Morgan fingerprint density at radius 3 is 2.83 bits per heavy atom. The van der Waals surface area contributed by atoms with Crippen LogP contribution in [0.25, 0.3) is 0 Å². The van der Waals surface area contributed by atoms with Crippen molar-refractivity contribution in [2.75, 3.05) is 20.3 Å². The molecule has 1 rings (SSSR count). The van der Waals surface area contributed by atoms with Crippen molar-refractivity contribution in [2.24, 2.45) is 0 Å². The van der Waals surface area contributed by atoms with Gasteiger partial charge in [-0.3, -0.25) is 4.79 Å². The Morgan fingerprint density at radius 2 is 2.28 bits per heavy atom. The smallest absolute Gasteiger partial charge is 0.237 e. The molecule has 4 nitrogen and oxygen atoms in total. The minimum Gasteiger partial charge on any atom is -0.383 e. The first-order valence-electron chi connectivity index (χ1n) is 6.80. The Hall–Kier alpha value is -0.320. The second-order valence-electron chi connectivity index (χ2n) is 4.81. The van der Waals surface area contributed by atoms with Gasteiger partial charge in [0.05, 0.1) is 18.7 Å². The van der Waals surface area contributed by atoms with Crippen LogP contribution in [0.1, 0.15) is 45.4 Å². The second kappa shape index (κ2) is 10.6. The quantitative estimate of drug-likeness (QED) is 0.748. The van der Waals surface area contributed by atoms with Gasteiger partial charge in [0.1, 0.15) is 0 Å². The van der Waals surface area contributed by atoms with Crippen LogP contribution >= 0.6 is 12.4 Å². The Morgan fingerprint density at radius 1 is 1.50 bits per heavy atom. The molecule has 0 aromatic carbocycles. The number of nitrogens with one attached hydrogen (secondary N) is 2. The highest BCUT2D eigenvalue weighted by atomic mass is 35.5. The summed E-state index contributed by atoms with van der Waals surface area (Å²) in [6.07, 6.45) is 6.57. The third-order valence-electron chi connectivity index (χ3n) is 3.25. The van der Waals surface area contributed by atoms with Crippen LogP contribution < -0.4 is 10.6 Å². The first-order valence-corrected chi connectivity index (χ1v) is 6.80. The SMILES string of the molecule is CCCCC(COC)NC(=O)C1CCCCN1.Cl. The molecule has 0 aromatic heterocycles. The summed E-state index contributed by atoms with van der Waals surface area (Å²) in [4.78, 5) is 12.0. The minimum atomic E-state index is 0. The van der Waals surface area contributed by atoms with Crippen molar-refractivity contribution in [3.63, 3.8) is 0 Å². The van der Waals surface area contributed by atoms with Crippen LogP contribution in [0.15, 0.2) is 0 Å². The molecule has 1 aliphatic heterocycles. The Kier molecular flexibility index (Phi) is 10.4. The maximum atomic E-state index is 12.0. The van der Waals surface area contributed by atoms with Crippen LogP contribution in [-0.2, 0) is 9.53 Å². The third-order valence-corrected chi connectivity index (χ3v) is 3.25. The summed E-state index contributed by atoms with van der Waals surface area (Å²) >= 11 is 0. The number of piperidine rings is 1. The summed E-state index contributed by atoms with van der Waals surface area (Å²) in [5, 5.41) is 6.37. The van der Waals surface area contributed by atoms with E-state index < -0.39 is 0 Å². The molecule has 0 bridgehead atoms. The number of methoxy groups -OCH3 is 1. The maximum absolute atomic E-state index is 12.0. The van der Waals surface area contributed by atoms with Crippen molar-refractivity contribution >= 4 is 18.3 Å². The zero-order valence-corrected chi connectivity index (χ0v) is 12.4. The third kappa shape index (κ3) is 6.57. The largest absolute Gasteiger partial charge is 0.383 e. The number of ether oxygens (including phenoxy) is 1. The number of carbonyl (C=O) groups is 1. The molecule has 2 N–H and O–H groups in total. The van der Waals surface area contributed by atoms with Gasteiger partial charge < -0.3 is 15.4 Å². The fraction of sp³-hybridized carbons (Fsp3) is 0.923. The molecule has 5 heteroatoms. The molecule has 0 aromatic rings. The Bertz CT molecular complexity index is 221. The van der Waals surface area contributed by atoms with E-state index in [1.54, 1.807) is 7.11 Å². The highest BCUT2D eigenvalue weighted by Crippen LogP contribution is 2.08. The molecule has 18 heavy (non-hydrogen) atoms. The van der Waals surface area contributed by atoms with E-state index in [-0.39, 0.29) is 30.4 Å². The van der Waals surface area contributed by atoms with E-state index in [9.17, 15) is 4.79 Å². The molecule has 0 spiro atoms. The Labute approximate surface area is 117 Å². The summed E-state index contributed by atoms with van der Waals surface area (Å²) in [5.41, 5.74) is 0. The minimum absolute atomic E-state index is 0. The molecule has 2 unspecified atom stereocenters. The van der Waals surface area contributed by atoms with Gasteiger partial charge in [-0.05, 0) is 25.8 Å². The summed E-state index contributed by atoms with van der Waals surface area (Å²) in [6.45, 7) is 3.73. The zero-order valence-electron chi connectivity index (χ0n) is 11.5. The van der Waals surface area contributed by atoms with E-state index in [2.05, 4.69) is 17.6 Å². The van der Waals surface area contributed by atoms with E-state index in [4.69, 9.17) is 4.74 Å². The molecule has 108 valence electrons. The van der Waals surface area contributed by atoms with E-state index in [1.165, 1.54) is 6.42 Å². The second-order valence-corrected chi connectivity index (χ2v) is 4.81. The van der Waals surface area contributed by atoms with Gasteiger partial charge in [0.25, 0.3) is 0 Å². The van der Waals surface area contributed by atoms with Gasteiger partial charge in [-0.2, -0.15) is 0 Å². The summed E-state index contributed by atoms with van der Waals surface area (Å²) in [7, 11) is 1.68. The van der Waals surface area contributed by atoms with Crippen LogP contribution in [0.4, 0.5) is 0 Å². The number of hydrogen-bond donors (Lipinski definition) is 2. The predicted octanol–water partition coefficient (Wildman–Crippen LogP) is 1.87. The number of rotatable bonds is 7. The molecule has 1 saturated heterocycles. The normalized spacial score (nSPS) is 20.9. The van der Waals surface area contributed by atoms with Crippen LogP contribution in [-0.4, -0.2) is 38.3 Å². The van der Waals surface area contributed by atoms with E-state index in [0.29, 0.717) is 6.61 Å². The standard InChI is InChI=1S/C13H26N2O2.ClH/c1-3-4-7-11(10-17-2)15-13(16)12-8-5-6-9-14-12;/h11-12,14H,3-10H2,1-2H3,(H,15,16);1H. The lowest BCUT2D eigenvalue weighted by Crippen LogP contribution is -2.50. The number of carbonyl (C=O) groups excluding carboxylic acids is 1. The molecule has 0 aliphatic carbocycles. The summed E-state index contributed by atoms with van der Waals surface area (Å²) in [6, 6.07) is 0.168. The lowest BCUT2D eigenvalue weighted by atomic mass is 10.0. The molecule has 1 fully saturated rings. The first kappa shape index (κ1) is 17.7. The van der Waals surface area contributed by atoms with Crippen molar-refractivity contribution in [3.05, 3.63) is 0 Å². The van der Waals surface area contributed by atoms with E-state index >= 15 is 0 Å². The zero-order chi connectivity index (χ0) is 12.5. The van der Waals surface area contributed by atoms with Crippen molar-refractivity contribution in [1.29, 1.82) is 0 Å². The van der Waals surface area contributed by atoms with Crippen molar-refractivity contribution in [1.82, 2.24) is 10.6 Å². The van der Waals surface area contributed by atoms with Crippen LogP contribution in [0, 0.1) is 0 Å². The van der Waals surface area contributed by atoms with Gasteiger partial charge in [-0.1, -0.05) is 26.2 Å². The molecule has 1 aliphatic rings. The highest BCUT2D eigenvalue weighted by molar-refractivity contribution is 5.85. The van der Waals surface area contributed by atoms with Crippen LogP contribution in [0.3, 0.4) is 0 Å². The fourth-order valence-corrected chi connectivity index (χ4v) is 2.23. The topological polar surface area (TPSA) is 50.4 Å². The molecule has 0 radical (unpaired) electrons. The molecular weight excluding hydrogens is 252 g/mol. The number of amides is 1. The summed E-state index contributed by atoms with van der Waals surface area (Å²) in [5.74, 6) is 0.142. The van der Waals surface area contributed by atoms with Crippen molar-refractivity contribution < 1.29 is 9.53 Å². The predicted molar refractivity (Wildman–Crippen MR) is 76.2 cm³/mol. The maximum Gasteiger partial charge on any atom is 0.237 e. The molecule has 1 amide bonds. The van der Waals surface area contributed by atoms with Crippen molar-refractivity contribution in [2.45, 2.75) is 57.5 Å². The average molecular weight is 279 g/mol. The molecule has 0 saturated carbocycles. The highest BCUT2D eigenvalue weighted by Gasteiger charge is 2.22.